The van der Waals surface area contributed by atoms with Gasteiger partial charge in [-0.15, -0.1) is 6.58 Å². The summed E-state index contributed by atoms with van der Waals surface area (Å²) in [5, 5.41) is 19.8. The summed E-state index contributed by atoms with van der Waals surface area (Å²) in [6, 6.07) is 0. The summed E-state index contributed by atoms with van der Waals surface area (Å²) in [6.07, 6.45) is 4.75. The van der Waals surface area contributed by atoms with Crippen LogP contribution in [0.15, 0.2) is 12.7 Å². The molecule has 0 aliphatic carbocycles. The topological polar surface area (TPSA) is 40.5 Å². The molecule has 0 saturated heterocycles. The maximum Gasteiger partial charge on any atom is 0.0655 e. The Balaban J connectivity index is 4.43. The van der Waals surface area contributed by atoms with Crippen LogP contribution in [0.3, 0.4) is 0 Å². The molecule has 90 valence electrons. The van der Waals surface area contributed by atoms with E-state index in [2.05, 4.69) is 20.4 Å². The van der Waals surface area contributed by atoms with Gasteiger partial charge in [-0.2, -0.15) is 0 Å². The molecule has 0 bridgehead atoms. The van der Waals surface area contributed by atoms with Crippen LogP contribution < -0.4 is 0 Å². The number of aliphatic hydroxyl groups is 2. The van der Waals surface area contributed by atoms with E-state index in [1.54, 1.807) is 6.92 Å². The van der Waals surface area contributed by atoms with Crippen molar-refractivity contribution in [3.05, 3.63) is 12.7 Å². The highest BCUT2D eigenvalue weighted by molar-refractivity contribution is 4.89. The first kappa shape index (κ1) is 14.7. The molecule has 0 aliphatic heterocycles. The van der Waals surface area contributed by atoms with Gasteiger partial charge in [0.2, 0.25) is 0 Å². The van der Waals surface area contributed by atoms with Crippen molar-refractivity contribution in [1.82, 2.24) is 0 Å². The molecule has 0 fully saturated rings. The van der Waals surface area contributed by atoms with Crippen molar-refractivity contribution in [2.45, 2.75) is 58.7 Å². The number of aliphatic hydroxyl groups excluding tert-OH is 2. The average molecular weight is 214 g/mol. The van der Waals surface area contributed by atoms with Crippen LogP contribution in [-0.2, 0) is 0 Å². The smallest absolute Gasteiger partial charge is 0.0655 e. The Labute approximate surface area is 94.0 Å². The normalized spacial score (nSPS) is 19.3. The Morgan fingerprint density at radius 1 is 1.13 bits per heavy atom. The number of hydrogen-bond donors (Lipinski definition) is 2. The summed E-state index contributed by atoms with van der Waals surface area (Å²) in [5.74, 6) is 0.0886. The van der Waals surface area contributed by atoms with Gasteiger partial charge in [-0.05, 0) is 19.8 Å². The Morgan fingerprint density at radius 2 is 1.67 bits per heavy atom. The van der Waals surface area contributed by atoms with Crippen LogP contribution in [0.5, 0.6) is 0 Å². The van der Waals surface area contributed by atoms with Crippen LogP contribution in [0.25, 0.3) is 0 Å². The molecular formula is C13H26O2. The predicted molar refractivity (Wildman–Crippen MR) is 64.7 cm³/mol. The monoisotopic (exact) mass is 214 g/mol. The minimum absolute atomic E-state index is 0.0236. The Morgan fingerprint density at radius 3 is 2.00 bits per heavy atom. The van der Waals surface area contributed by atoms with E-state index >= 15 is 0 Å². The highest BCUT2D eigenvalue weighted by atomic mass is 16.3. The molecule has 0 heterocycles. The first-order valence-corrected chi connectivity index (χ1v) is 6.07. The molecule has 0 aromatic rings. The first-order valence-electron chi connectivity index (χ1n) is 6.07. The van der Waals surface area contributed by atoms with E-state index in [0.717, 1.165) is 25.7 Å². The second kappa shape index (κ2) is 7.89. The van der Waals surface area contributed by atoms with Crippen molar-refractivity contribution in [2.24, 2.45) is 11.8 Å². The maximum atomic E-state index is 10.2. The van der Waals surface area contributed by atoms with Gasteiger partial charge in [0.1, 0.15) is 0 Å². The summed E-state index contributed by atoms with van der Waals surface area (Å²) in [5.41, 5.74) is 0. The zero-order chi connectivity index (χ0) is 11.8. The summed E-state index contributed by atoms with van der Waals surface area (Å²) in [4.78, 5) is 0. The molecule has 0 radical (unpaired) electrons. The lowest BCUT2D eigenvalue weighted by molar-refractivity contribution is -0.00682. The molecule has 0 rings (SSSR count). The van der Waals surface area contributed by atoms with E-state index in [4.69, 9.17) is 0 Å². The van der Waals surface area contributed by atoms with Crippen LogP contribution in [0.2, 0.25) is 0 Å². The van der Waals surface area contributed by atoms with E-state index in [9.17, 15) is 10.2 Å². The van der Waals surface area contributed by atoms with Crippen LogP contribution in [-0.4, -0.2) is 22.4 Å². The summed E-state index contributed by atoms with van der Waals surface area (Å²) in [6.45, 7) is 9.69. The molecule has 2 heteroatoms. The first-order chi connectivity index (χ1) is 7.08. The van der Waals surface area contributed by atoms with E-state index < -0.39 is 12.2 Å². The zero-order valence-electron chi connectivity index (χ0n) is 10.3. The van der Waals surface area contributed by atoms with E-state index in [1.807, 2.05) is 6.08 Å². The Kier molecular flexibility index (Phi) is 7.71. The Bertz CT molecular complexity index is 166. The quantitative estimate of drug-likeness (QED) is 0.610. The molecule has 4 atom stereocenters. The predicted octanol–water partition coefficient (Wildman–Crippen LogP) is 2.75. The van der Waals surface area contributed by atoms with Gasteiger partial charge in [0, 0.05) is 11.8 Å². The average Bonchev–Trinajstić information content (AvgIpc) is 2.21. The lowest BCUT2D eigenvalue weighted by atomic mass is 9.83. The van der Waals surface area contributed by atoms with Crippen molar-refractivity contribution >= 4 is 0 Å². The van der Waals surface area contributed by atoms with Crippen molar-refractivity contribution < 1.29 is 10.2 Å². The molecule has 2 nitrogen and oxygen atoms in total. The molecular weight excluding hydrogens is 188 g/mol. The van der Waals surface area contributed by atoms with E-state index in [1.165, 1.54) is 0 Å². The van der Waals surface area contributed by atoms with Crippen molar-refractivity contribution in [1.29, 1.82) is 0 Å². The fraction of sp³-hybridized carbons (Fsp3) is 0.846. The SMILES string of the molecule is C=CC(CCC)C(O)C(CCC)C(C)O. The van der Waals surface area contributed by atoms with Crippen molar-refractivity contribution in [2.75, 3.05) is 0 Å². The summed E-state index contributed by atoms with van der Waals surface area (Å²) < 4.78 is 0. The van der Waals surface area contributed by atoms with Crippen LogP contribution in [0.1, 0.15) is 46.5 Å². The number of rotatable bonds is 8. The van der Waals surface area contributed by atoms with Gasteiger partial charge in [-0.25, -0.2) is 0 Å². The second-order valence-corrected chi connectivity index (χ2v) is 4.37. The van der Waals surface area contributed by atoms with Gasteiger partial charge in [-0.3, -0.25) is 0 Å². The third-order valence-corrected chi connectivity index (χ3v) is 3.04. The van der Waals surface area contributed by atoms with Crippen molar-refractivity contribution in [3.8, 4) is 0 Å². The third kappa shape index (κ3) is 4.80. The van der Waals surface area contributed by atoms with E-state index in [-0.39, 0.29) is 11.8 Å². The van der Waals surface area contributed by atoms with Gasteiger partial charge in [0.25, 0.3) is 0 Å². The molecule has 15 heavy (non-hydrogen) atoms. The highest BCUT2D eigenvalue weighted by Gasteiger charge is 2.27. The van der Waals surface area contributed by atoms with Crippen LogP contribution >= 0.6 is 0 Å². The summed E-state index contributed by atoms with van der Waals surface area (Å²) in [7, 11) is 0. The van der Waals surface area contributed by atoms with Crippen LogP contribution in [0, 0.1) is 11.8 Å². The minimum atomic E-state index is -0.456. The molecule has 0 amide bonds. The fourth-order valence-corrected chi connectivity index (χ4v) is 2.11. The number of hydrogen-bond acceptors (Lipinski definition) is 2. The standard InChI is InChI=1S/C13H26O2/c1-5-8-11(7-3)13(15)12(9-6-2)10(4)14/h7,10-15H,3,5-6,8-9H2,1-2,4H3. The largest absolute Gasteiger partial charge is 0.393 e. The second-order valence-electron chi connectivity index (χ2n) is 4.37. The molecule has 0 aliphatic rings. The molecule has 0 saturated carbocycles. The Hall–Kier alpha value is -0.340. The van der Waals surface area contributed by atoms with Gasteiger partial charge in [0.15, 0.2) is 0 Å². The molecule has 0 spiro atoms. The molecule has 0 aromatic carbocycles. The molecule has 4 unspecified atom stereocenters. The summed E-state index contributed by atoms with van der Waals surface area (Å²) >= 11 is 0. The lowest BCUT2D eigenvalue weighted by Crippen LogP contribution is -2.35. The zero-order valence-corrected chi connectivity index (χ0v) is 10.3. The maximum absolute atomic E-state index is 10.2. The van der Waals surface area contributed by atoms with Gasteiger partial charge < -0.3 is 10.2 Å². The molecule has 2 N–H and O–H groups in total. The minimum Gasteiger partial charge on any atom is -0.393 e. The molecule has 0 aromatic heterocycles. The van der Waals surface area contributed by atoms with Gasteiger partial charge in [-0.1, -0.05) is 32.8 Å². The third-order valence-electron chi connectivity index (χ3n) is 3.04. The van der Waals surface area contributed by atoms with Gasteiger partial charge in [0.05, 0.1) is 12.2 Å². The van der Waals surface area contributed by atoms with E-state index in [0.29, 0.717) is 0 Å². The fourth-order valence-electron chi connectivity index (χ4n) is 2.11. The lowest BCUT2D eigenvalue weighted by Gasteiger charge is -2.29. The van der Waals surface area contributed by atoms with Crippen LogP contribution in [0.4, 0.5) is 0 Å². The highest BCUT2D eigenvalue weighted by Crippen LogP contribution is 2.25. The van der Waals surface area contributed by atoms with Gasteiger partial charge >= 0.3 is 0 Å². The van der Waals surface area contributed by atoms with Crippen molar-refractivity contribution in [3.63, 3.8) is 0 Å².